The van der Waals surface area contributed by atoms with Crippen LogP contribution >= 0.6 is 11.8 Å². The molecule has 0 bridgehead atoms. The summed E-state index contributed by atoms with van der Waals surface area (Å²) >= 11 is 1.49. The fourth-order valence-electron chi connectivity index (χ4n) is 2.15. The van der Waals surface area contributed by atoms with E-state index in [9.17, 15) is 5.21 Å². The standard InChI is InChI=1S/C14H16N6OS/c1-3-11-8-16-20-12(11)17-14(22-2)18-13(20)15-7-10-5-4-6-19(21)9-10/h4-6,8-9H,3,7H2,1-2H3,(H,15,17,18). The number of rotatable bonds is 5. The van der Waals surface area contributed by atoms with Gasteiger partial charge in [0.25, 0.3) is 0 Å². The lowest BCUT2D eigenvalue weighted by Crippen LogP contribution is -2.25. The minimum absolute atomic E-state index is 0.490. The van der Waals surface area contributed by atoms with Gasteiger partial charge in [0.15, 0.2) is 23.2 Å². The predicted octanol–water partition coefficient (Wildman–Crippen LogP) is 1.65. The second kappa shape index (κ2) is 6.18. The third-order valence-electron chi connectivity index (χ3n) is 3.27. The highest BCUT2D eigenvalue weighted by Crippen LogP contribution is 2.18. The Bertz CT molecular complexity index is 803. The van der Waals surface area contributed by atoms with Gasteiger partial charge in [-0.2, -0.15) is 19.3 Å². The molecule has 3 heterocycles. The molecule has 0 unspecified atom stereocenters. The molecule has 0 saturated heterocycles. The van der Waals surface area contributed by atoms with E-state index >= 15 is 0 Å². The van der Waals surface area contributed by atoms with Crippen LogP contribution in [0.5, 0.6) is 0 Å². The Morgan fingerprint density at radius 2 is 2.27 bits per heavy atom. The van der Waals surface area contributed by atoms with Crippen molar-refractivity contribution in [3.8, 4) is 0 Å². The topological polar surface area (TPSA) is 82.0 Å². The number of hydrogen-bond donors (Lipinski definition) is 1. The van der Waals surface area contributed by atoms with Crippen LogP contribution in [0, 0.1) is 5.21 Å². The fraction of sp³-hybridized carbons (Fsp3) is 0.286. The van der Waals surface area contributed by atoms with E-state index in [1.807, 2.05) is 18.5 Å². The average molecular weight is 316 g/mol. The van der Waals surface area contributed by atoms with Crippen molar-refractivity contribution in [2.24, 2.45) is 0 Å². The molecule has 0 atom stereocenters. The molecule has 22 heavy (non-hydrogen) atoms. The zero-order chi connectivity index (χ0) is 15.5. The summed E-state index contributed by atoms with van der Waals surface area (Å²) in [5, 5.41) is 19.6. The number of pyridine rings is 1. The summed E-state index contributed by atoms with van der Waals surface area (Å²) in [6.07, 6.45) is 7.60. The molecule has 114 valence electrons. The van der Waals surface area contributed by atoms with Crippen LogP contribution in [0.25, 0.3) is 5.65 Å². The second-order valence-corrected chi connectivity index (χ2v) is 5.49. The number of nitrogens with one attached hydrogen (secondary N) is 1. The van der Waals surface area contributed by atoms with Crippen LogP contribution in [-0.4, -0.2) is 25.8 Å². The van der Waals surface area contributed by atoms with E-state index in [-0.39, 0.29) is 0 Å². The van der Waals surface area contributed by atoms with Gasteiger partial charge in [-0.25, -0.2) is 4.98 Å². The molecule has 0 spiro atoms. The van der Waals surface area contributed by atoms with E-state index in [4.69, 9.17) is 0 Å². The van der Waals surface area contributed by atoms with E-state index in [0.29, 0.717) is 17.6 Å². The maximum absolute atomic E-state index is 11.3. The number of fused-ring (bicyclic) bond motifs is 1. The van der Waals surface area contributed by atoms with Crippen LogP contribution in [0.4, 0.5) is 5.95 Å². The zero-order valence-corrected chi connectivity index (χ0v) is 13.2. The van der Waals surface area contributed by atoms with E-state index in [1.54, 1.807) is 10.6 Å². The lowest BCUT2D eigenvalue weighted by Gasteiger charge is -2.08. The van der Waals surface area contributed by atoms with E-state index in [1.165, 1.54) is 24.2 Å². The molecule has 0 radical (unpaired) electrons. The lowest BCUT2D eigenvalue weighted by molar-refractivity contribution is -0.605. The number of aromatic nitrogens is 5. The van der Waals surface area contributed by atoms with E-state index in [0.717, 1.165) is 27.9 Å². The molecule has 0 fully saturated rings. The molecule has 0 aromatic carbocycles. The Balaban J connectivity index is 1.93. The Hall–Kier alpha value is -2.35. The van der Waals surface area contributed by atoms with E-state index in [2.05, 4.69) is 27.3 Å². The SMILES string of the molecule is CCc1cnn2c(NCc3ccc[n+]([O-])c3)nc(SC)nc12. The number of nitrogens with zero attached hydrogens (tertiary/aromatic N) is 5. The highest BCUT2D eigenvalue weighted by Gasteiger charge is 2.12. The van der Waals surface area contributed by atoms with Crippen LogP contribution in [0.3, 0.4) is 0 Å². The number of aryl methyl sites for hydroxylation is 1. The Morgan fingerprint density at radius 3 is 3.00 bits per heavy atom. The number of hydrogen-bond acceptors (Lipinski definition) is 6. The monoisotopic (exact) mass is 316 g/mol. The first-order valence-electron chi connectivity index (χ1n) is 6.91. The molecule has 3 aromatic rings. The highest BCUT2D eigenvalue weighted by molar-refractivity contribution is 7.98. The molecule has 8 heteroatoms. The third kappa shape index (κ3) is 2.82. The van der Waals surface area contributed by atoms with Gasteiger partial charge >= 0.3 is 0 Å². The van der Waals surface area contributed by atoms with Crippen molar-refractivity contribution in [2.45, 2.75) is 25.0 Å². The van der Waals surface area contributed by atoms with Gasteiger partial charge < -0.3 is 10.5 Å². The zero-order valence-electron chi connectivity index (χ0n) is 12.4. The molecular weight excluding hydrogens is 300 g/mol. The van der Waals surface area contributed by atoms with Gasteiger partial charge in [0, 0.05) is 23.7 Å². The molecule has 0 aliphatic rings. The molecule has 0 aliphatic carbocycles. The van der Waals surface area contributed by atoms with Crippen molar-refractivity contribution in [2.75, 3.05) is 11.6 Å². The Kier molecular flexibility index (Phi) is 4.10. The molecule has 0 aliphatic heterocycles. The first kappa shape index (κ1) is 14.6. The molecule has 7 nitrogen and oxygen atoms in total. The number of anilines is 1. The highest BCUT2D eigenvalue weighted by atomic mass is 32.2. The molecule has 3 rings (SSSR count). The fourth-order valence-corrected chi connectivity index (χ4v) is 2.50. The molecular formula is C14H16N6OS. The Labute approximate surface area is 132 Å². The molecule has 3 aromatic heterocycles. The summed E-state index contributed by atoms with van der Waals surface area (Å²) in [6.45, 7) is 2.56. The quantitative estimate of drug-likeness (QED) is 0.438. The number of thioether (sulfide) groups is 1. The van der Waals surface area contributed by atoms with Gasteiger partial charge in [0.2, 0.25) is 5.95 Å². The summed E-state index contributed by atoms with van der Waals surface area (Å²) < 4.78 is 2.48. The molecule has 1 N–H and O–H groups in total. The second-order valence-electron chi connectivity index (χ2n) is 4.72. The summed E-state index contributed by atoms with van der Waals surface area (Å²) in [5.74, 6) is 0.621. The summed E-state index contributed by atoms with van der Waals surface area (Å²) in [7, 11) is 0. The van der Waals surface area contributed by atoms with Gasteiger partial charge in [-0.05, 0) is 18.7 Å². The summed E-state index contributed by atoms with van der Waals surface area (Å²) in [4.78, 5) is 8.97. The van der Waals surface area contributed by atoms with Gasteiger partial charge in [-0.1, -0.05) is 18.7 Å². The minimum Gasteiger partial charge on any atom is -0.619 e. The lowest BCUT2D eigenvalue weighted by atomic mass is 10.3. The van der Waals surface area contributed by atoms with Crippen molar-refractivity contribution >= 4 is 23.4 Å². The maximum atomic E-state index is 11.3. The summed E-state index contributed by atoms with van der Waals surface area (Å²) in [5.41, 5.74) is 2.77. The summed E-state index contributed by atoms with van der Waals surface area (Å²) in [6, 6.07) is 3.60. The van der Waals surface area contributed by atoms with Crippen LogP contribution in [0.1, 0.15) is 18.1 Å². The van der Waals surface area contributed by atoms with Gasteiger partial charge in [-0.3, -0.25) is 0 Å². The predicted molar refractivity (Wildman–Crippen MR) is 84.7 cm³/mol. The largest absolute Gasteiger partial charge is 0.619 e. The van der Waals surface area contributed by atoms with Gasteiger partial charge in [0.05, 0.1) is 6.20 Å². The minimum atomic E-state index is 0.490. The normalized spacial score (nSPS) is 11.0. The van der Waals surface area contributed by atoms with Crippen LogP contribution in [0.2, 0.25) is 0 Å². The van der Waals surface area contributed by atoms with Crippen molar-refractivity contribution < 1.29 is 4.73 Å². The first-order valence-corrected chi connectivity index (χ1v) is 8.14. The van der Waals surface area contributed by atoms with Crippen molar-refractivity contribution in [3.05, 3.63) is 47.1 Å². The van der Waals surface area contributed by atoms with Gasteiger partial charge in [0.1, 0.15) is 0 Å². The Morgan fingerprint density at radius 1 is 1.41 bits per heavy atom. The van der Waals surface area contributed by atoms with Crippen molar-refractivity contribution in [3.63, 3.8) is 0 Å². The maximum Gasteiger partial charge on any atom is 0.228 e. The molecule has 0 amide bonds. The van der Waals surface area contributed by atoms with Crippen molar-refractivity contribution in [1.29, 1.82) is 0 Å². The average Bonchev–Trinajstić information content (AvgIpc) is 2.95. The van der Waals surface area contributed by atoms with Gasteiger partial charge in [-0.15, -0.1) is 0 Å². The van der Waals surface area contributed by atoms with Crippen LogP contribution in [0.15, 0.2) is 35.9 Å². The third-order valence-corrected chi connectivity index (χ3v) is 3.82. The van der Waals surface area contributed by atoms with E-state index < -0.39 is 0 Å². The van der Waals surface area contributed by atoms with Crippen LogP contribution < -0.4 is 10.0 Å². The van der Waals surface area contributed by atoms with Crippen LogP contribution in [-0.2, 0) is 13.0 Å². The first-order chi connectivity index (χ1) is 10.7. The molecule has 0 saturated carbocycles. The van der Waals surface area contributed by atoms with Crippen molar-refractivity contribution in [1.82, 2.24) is 19.6 Å². The smallest absolute Gasteiger partial charge is 0.228 e.